The molecule has 0 saturated heterocycles. The van der Waals surface area contributed by atoms with Crippen molar-refractivity contribution in [2.24, 2.45) is 0 Å². The molecule has 3 heteroatoms. The summed E-state index contributed by atoms with van der Waals surface area (Å²) in [6, 6.07) is 7.12. The van der Waals surface area contributed by atoms with Gasteiger partial charge in [0, 0.05) is 16.9 Å². The predicted molar refractivity (Wildman–Crippen MR) is 40.9 cm³/mol. The van der Waals surface area contributed by atoms with E-state index in [1.165, 1.54) is 0 Å². The fraction of sp³-hybridized carbons (Fsp3) is 0.143. The Bertz CT molecular complexity index is 193. The Balaban J connectivity index is 2.87. The molecule has 2 N–H and O–H groups in total. The third kappa shape index (κ3) is 1.73. The lowest BCUT2D eigenvalue weighted by molar-refractivity contribution is 0.281. The summed E-state index contributed by atoms with van der Waals surface area (Å²) >= 11 is 0.687. The van der Waals surface area contributed by atoms with E-state index in [-0.39, 0.29) is 6.61 Å². The largest absolute Gasteiger partial charge is 0.392 e. The van der Waals surface area contributed by atoms with Crippen LogP contribution in [-0.2, 0) is 6.61 Å². The van der Waals surface area contributed by atoms with E-state index in [4.69, 9.17) is 9.66 Å². The number of hydrogen-bond donors (Lipinski definition) is 2. The van der Waals surface area contributed by atoms with Crippen molar-refractivity contribution in [3.05, 3.63) is 29.8 Å². The predicted octanol–water partition coefficient (Wildman–Crippen LogP) is 1.74. The zero-order valence-corrected chi connectivity index (χ0v) is 6.14. The second-order valence-electron chi connectivity index (χ2n) is 1.90. The molecular weight excluding hydrogens is 148 g/mol. The Labute approximate surface area is 63.7 Å². The molecule has 54 valence electrons. The molecule has 0 aromatic heterocycles. The quantitative estimate of drug-likeness (QED) is 0.641. The third-order valence-electron chi connectivity index (χ3n) is 1.19. The van der Waals surface area contributed by atoms with Gasteiger partial charge < -0.3 is 9.66 Å². The van der Waals surface area contributed by atoms with Crippen molar-refractivity contribution in [2.75, 3.05) is 0 Å². The fourth-order valence-electron chi connectivity index (χ4n) is 0.701. The number of aliphatic hydroxyl groups excluding tert-OH is 1. The van der Waals surface area contributed by atoms with Gasteiger partial charge in [0.1, 0.15) is 0 Å². The smallest absolute Gasteiger partial charge is 0.0682 e. The van der Waals surface area contributed by atoms with Gasteiger partial charge in [0.25, 0.3) is 0 Å². The highest BCUT2D eigenvalue weighted by molar-refractivity contribution is 7.93. The van der Waals surface area contributed by atoms with E-state index >= 15 is 0 Å². The number of aliphatic hydroxyl groups is 1. The van der Waals surface area contributed by atoms with Gasteiger partial charge in [0.15, 0.2) is 0 Å². The van der Waals surface area contributed by atoms with Crippen LogP contribution < -0.4 is 0 Å². The van der Waals surface area contributed by atoms with Crippen LogP contribution in [0.5, 0.6) is 0 Å². The molecule has 0 saturated carbocycles. The molecule has 0 spiro atoms. The van der Waals surface area contributed by atoms with Crippen molar-refractivity contribution in [1.82, 2.24) is 0 Å². The molecule has 1 rings (SSSR count). The second-order valence-corrected chi connectivity index (χ2v) is 2.55. The summed E-state index contributed by atoms with van der Waals surface area (Å²) in [4.78, 5) is 0.756. The summed E-state index contributed by atoms with van der Waals surface area (Å²) in [5.41, 5.74) is 0.819. The van der Waals surface area contributed by atoms with Crippen LogP contribution in [0.1, 0.15) is 5.56 Å². The van der Waals surface area contributed by atoms with Gasteiger partial charge in [0.05, 0.1) is 6.61 Å². The highest BCUT2D eigenvalue weighted by atomic mass is 32.2. The molecule has 0 radical (unpaired) electrons. The lowest BCUT2D eigenvalue weighted by atomic mass is 10.2. The molecular formula is C7H8O2S. The first-order valence-electron chi connectivity index (χ1n) is 2.88. The van der Waals surface area contributed by atoms with Gasteiger partial charge in [-0.3, -0.25) is 0 Å². The summed E-state index contributed by atoms with van der Waals surface area (Å²) < 4.78 is 8.59. The highest BCUT2D eigenvalue weighted by Crippen LogP contribution is 2.14. The van der Waals surface area contributed by atoms with Crippen molar-refractivity contribution in [3.8, 4) is 0 Å². The van der Waals surface area contributed by atoms with Crippen LogP contribution in [0, 0.1) is 0 Å². The van der Waals surface area contributed by atoms with Crippen LogP contribution in [-0.4, -0.2) is 9.66 Å². The summed E-state index contributed by atoms with van der Waals surface area (Å²) in [5, 5.41) is 8.67. The van der Waals surface area contributed by atoms with Crippen LogP contribution in [0.15, 0.2) is 29.2 Å². The van der Waals surface area contributed by atoms with E-state index in [1.54, 1.807) is 24.3 Å². The lowest BCUT2D eigenvalue weighted by Crippen LogP contribution is -1.81. The number of rotatable bonds is 2. The molecule has 10 heavy (non-hydrogen) atoms. The normalized spacial score (nSPS) is 9.80. The minimum absolute atomic E-state index is 0.0222. The van der Waals surface area contributed by atoms with Crippen molar-refractivity contribution in [3.63, 3.8) is 0 Å². The molecule has 0 heterocycles. The van der Waals surface area contributed by atoms with E-state index in [0.717, 1.165) is 10.5 Å². The molecule has 0 unspecified atom stereocenters. The molecule has 2 nitrogen and oxygen atoms in total. The van der Waals surface area contributed by atoms with Crippen LogP contribution in [0.4, 0.5) is 0 Å². The van der Waals surface area contributed by atoms with Gasteiger partial charge >= 0.3 is 0 Å². The topological polar surface area (TPSA) is 40.5 Å². The van der Waals surface area contributed by atoms with Crippen molar-refractivity contribution in [1.29, 1.82) is 0 Å². The Kier molecular flexibility index (Phi) is 2.74. The van der Waals surface area contributed by atoms with E-state index < -0.39 is 0 Å². The first-order chi connectivity index (χ1) is 4.86. The minimum Gasteiger partial charge on any atom is -0.392 e. The number of hydrogen-bond acceptors (Lipinski definition) is 3. The standard InChI is InChI=1S/C7H8O2S/c8-5-6-2-1-3-7(4-6)10-9/h1-4,8-9H,5H2. The summed E-state index contributed by atoms with van der Waals surface area (Å²) in [6.45, 7) is 0.0222. The average Bonchev–Trinajstić information content (AvgIpc) is 2.05. The minimum atomic E-state index is 0.0222. The molecule has 0 bridgehead atoms. The Morgan fingerprint density at radius 3 is 2.80 bits per heavy atom. The van der Waals surface area contributed by atoms with Gasteiger partial charge in [-0.1, -0.05) is 12.1 Å². The molecule has 0 aliphatic heterocycles. The number of benzene rings is 1. The zero-order valence-electron chi connectivity index (χ0n) is 5.32. The van der Waals surface area contributed by atoms with Gasteiger partial charge in [-0.2, -0.15) is 0 Å². The van der Waals surface area contributed by atoms with Crippen molar-refractivity contribution >= 4 is 12.0 Å². The molecule has 1 aromatic carbocycles. The second kappa shape index (κ2) is 3.61. The third-order valence-corrected chi connectivity index (χ3v) is 1.65. The summed E-state index contributed by atoms with van der Waals surface area (Å²) in [6.07, 6.45) is 0. The Morgan fingerprint density at radius 2 is 2.20 bits per heavy atom. The van der Waals surface area contributed by atoms with E-state index in [0.29, 0.717) is 12.0 Å². The maximum Gasteiger partial charge on any atom is 0.0682 e. The van der Waals surface area contributed by atoms with Crippen LogP contribution in [0.3, 0.4) is 0 Å². The van der Waals surface area contributed by atoms with E-state index in [9.17, 15) is 0 Å². The van der Waals surface area contributed by atoms with Crippen LogP contribution in [0.2, 0.25) is 0 Å². The molecule has 0 atom stereocenters. The first-order valence-corrected chi connectivity index (χ1v) is 3.65. The van der Waals surface area contributed by atoms with Crippen LogP contribution in [0.25, 0.3) is 0 Å². The SMILES string of the molecule is OCc1cccc(SO)c1. The molecule has 0 amide bonds. The maximum atomic E-state index is 8.67. The average molecular weight is 156 g/mol. The molecule has 0 fully saturated rings. The van der Waals surface area contributed by atoms with Gasteiger partial charge in [-0.15, -0.1) is 0 Å². The van der Waals surface area contributed by atoms with Gasteiger partial charge in [-0.25, -0.2) is 0 Å². The summed E-state index contributed by atoms with van der Waals surface area (Å²) in [7, 11) is 0. The van der Waals surface area contributed by atoms with E-state index in [2.05, 4.69) is 0 Å². The van der Waals surface area contributed by atoms with Crippen molar-refractivity contribution < 1.29 is 9.66 Å². The maximum absolute atomic E-state index is 8.67. The lowest BCUT2D eigenvalue weighted by Gasteiger charge is -1.96. The fourth-order valence-corrected chi connectivity index (χ4v) is 1.04. The van der Waals surface area contributed by atoms with Gasteiger partial charge in [-0.05, 0) is 17.7 Å². The first kappa shape index (κ1) is 7.60. The van der Waals surface area contributed by atoms with Crippen molar-refractivity contribution in [2.45, 2.75) is 11.5 Å². The Morgan fingerprint density at radius 1 is 1.40 bits per heavy atom. The monoisotopic (exact) mass is 156 g/mol. The summed E-state index contributed by atoms with van der Waals surface area (Å²) in [5.74, 6) is 0. The highest BCUT2D eigenvalue weighted by Gasteiger charge is 1.92. The molecule has 1 aromatic rings. The molecule has 0 aliphatic carbocycles. The van der Waals surface area contributed by atoms with Gasteiger partial charge in [0.2, 0.25) is 0 Å². The van der Waals surface area contributed by atoms with E-state index in [1.807, 2.05) is 0 Å². The van der Waals surface area contributed by atoms with Crippen LogP contribution >= 0.6 is 12.0 Å². The Hall–Kier alpha value is -0.510. The zero-order chi connectivity index (χ0) is 7.40. The molecule has 0 aliphatic rings.